The number of rotatable bonds is 6. The molecule has 0 spiro atoms. The van der Waals surface area contributed by atoms with Crippen LogP contribution in [0, 0.1) is 0 Å². The molecule has 0 unspecified atom stereocenters. The molecule has 2 heterocycles. The van der Waals surface area contributed by atoms with Crippen LogP contribution in [0.5, 0.6) is 0 Å². The Morgan fingerprint density at radius 3 is 2.86 bits per heavy atom. The summed E-state index contributed by atoms with van der Waals surface area (Å²) in [7, 11) is 1.38. The van der Waals surface area contributed by atoms with Crippen molar-refractivity contribution in [3.05, 3.63) is 36.2 Å². The summed E-state index contributed by atoms with van der Waals surface area (Å²) in [6.45, 7) is 2.50. The summed E-state index contributed by atoms with van der Waals surface area (Å²) in [6.07, 6.45) is 2.80. The second-order valence-electron chi connectivity index (χ2n) is 4.39. The number of methoxy groups -OCH3 is 1. The third-order valence-corrected chi connectivity index (χ3v) is 2.90. The van der Waals surface area contributed by atoms with Gasteiger partial charge in [0.15, 0.2) is 5.82 Å². The van der Waals surface area contributed by atoms with Crippen LogP contribution in [0.2, 0.25) is 0 Å². The van der Waals surface area contributed by atoms with Crippen molar-refractivity contribution in [2.45, 2.75) is 19.8 Å². The fourth-order valence-electron chi connectivity index (χ4n) is 1.77. The maximum Gasteiger partial charge on any atom is 0.307 e. The Morgan fingerprint density at radius 2 is 2.19 bits per heavy atom. The van der Waals surface area contributed by atoms with Crippen LogP contribution in [0.1, 0.15) is 19.0 Å². The predicted molar refractivity (Wildman–Crippen MR) is 79.8 cm³/mol. The number of hydrogen-bond donors (Lipinski definition) is 1. The van der Waals surface area contributed by atoms with Crippen molar-refractivity contribution in [2.75, 3.05) is 19.0 Å². The van der Waals surface area contributed by atoms with Crippen molar-refractivity contribution < 1.29 is 9.53 Å². The zero-order valence-electron chi connectivity index (χ0n) is 12.2. The van der Waals surface area contributed by atoms with Gasteiger partial charge in [-0.3, -0.25) is 9.78 Å². The van der Waals surface area contributed by atoms with Gasteiger partial charge in [0.1, 0.15) is 11.5 Å². The van der Waals surface area contributed by atoms with Crippen LogP contribution in [-0.4, -0.2) is 34.6 Å². The van der Waals surface area contributed by atoms with Crippen LogP contribution in [0.15, 0.2) is 30.5 Å². The van der Waals surface area contributed by atoms with Gasteiger partial charge < -0.3 is 10.1 Å². The Balaban J connectivity index is 2.16. The third-order valence-electron chi connectivity index (χ3n) is 2.90. The molecule has 1 N–H and O–H groups in total. The number of nitrogens with one attached hydrogen (secondary N) is 1. The number of esters is 1. The maximum absolute atomic E-state index is 11.1. The highest BCUT2D eigenvalue weighted by Gasteiger charge is 2.07. The highest BCUT2D eigenvalue weighted by Crippen LogP contribution is 2.16. The summed E-state index contributed by atoms with van der Waals surface area (Å²) in [5, 5.41) is 3.12. The summed E-state index contributed by atoms with van der Waals surface area (Å²) in [5.74, 6) is 1.01. The molecular weight excluding hydrogens is 268 g/mol. The largest absolute Gasteiger partial charge is 0.469 e. The highest BCUT2D eigenvalue weighted by atomic mass is 16.5. The topological polar surface area (TPSA) is 77.0 Å². The molecule has 2 aromatic heterocycles. The Hall–Kier alpha value is -2.50. The molecule has 6 heteroatoms. The van der Waals surface area contributed by atoms with Gasteiger partial charge in [-0.1, -0.05) is 13.0 Å². The molecule has 0 saturated carbocycles. The van der Waals surface area contributed by atoms with E-state index in [0.717, 1.165) is 17.8 Å². The van der Waals surface area contributed by atoms with Crippen LogP contribution in [-0.2, 0) is 16.0 Å². The first-order valence-corrected chi connectivity index (χ1v) is 6.83. The van der Waals surface area contributed by atoms with E-state index in [4.69, 9.17) is 0 Å². The zero-order chi connectivity index (χ0) is 15.1. The molecule has 0 aromatic carbocycles. The van der Waals surface area contributed by atoms with Crippen molar-refractivity contribution in [3.63, 3.8) is 0 Å². The summed E-state index contributed by atoms with van der Waals surface area (Å²) in [6, 6.07) is 7.49. The Kier molecular flexibility index (Phi) is 5.20. The van der Waals surface area contributed by atoms with E-state index in [9.17, 15) is 4.79 Å². The lowest BCUT2D eigenvalue weighted by Gasteiger charge is -2.08. The van der Waals surface area contributed by atoms with Gasteiger partial charge in [-0.25, -0.2) is 9.97 Å². The molecule has 0 atom stereocenters. The first kappa shape index (κ1) is 14.9. The number of pyridine rings is 1. The van der Waals surface area contributed by atoms with E-state index in [1.165, 1.54) is 7.11 Å². The molecular formula is C15H18N4O2. The van der Waals surface area contributed by atoms with E-state index >= 15 is 0 Å². The Labute approximate surface area is 123 Å². The SMILES string of the molecule is CCc1cc(NCCC(=O)OC)nc(-c2ccccn2)n1. The lowest BCUT2D eigenvalue weighted by molar-refractivity contribution is -0.140. The number of carbonyl (C=O) groups excluding carboxylic acids is 1. The molecule has 0 aliphatic heterocycles. The Morgan fingerprint density at radius 1 is 1.33 bits per heavy atom. The van der Waals surface area contributed by atoms with E-state index in [0.29, 0.717) is 24.6 Å². The zero-order valence-corrected chi connectivity index (χ0v) is 12.2. The molecule has 0 aliphatic rings. The van der Waals surface area contributed by atoms with E-state index in [1.807, 2.05) is 31.2 Å². The Bertz CT molecular complexity index is 602. The minimum absolute atomic E-state index is 0.253. The van der Waals surface area contributed by atoms with Gasteiger partial charge in [-0.2, -0.15) is 0 Å². The molecule has 21 heavy (non-hydrogen) atoms. The second kappa shape index (κ2) is 7.33. The first-order valence-electron chi connectivity index (χ1n) is 6.83. The fraction of sp³-hybridized carbons (Fsp3) is 0.333. The minimum atomic E-state index is -0.253. The van der Waals surface area contributed by atoms with Crippen LogP contribution in [0.4, 0.5) is 5.82 Å². The van der Waals surface area contributed by atoms with Crippen molar-refractivity contribution in [2.24, 2.45) is 0 Å². The van der Waals surface area contributed by atoms with Crippen LogP contribution < -0.4 is 5.32 Å². The fourth-order valence-corrected chi connectivity index (χ4v) is 1.77. The van der Waals surface area contributed by atoms with Crippen molar-refractivity contribution >= 4 is 11.8 Å². The number of hydrogen-bond acceptors (Lipinski definition) is 6. The standard InChI is InChI=1S/C15H18N4O2/c1-3-11-10-13(17-9-7-14(20)21-2)19-15(18-11)12-6-4-5-8-16-12/h4-6,8,10H,3,7,9H2,1-2H3,(H,17,18,19). The number of aryl methyl sites for hydroxylation is 1. The smallest absolute Gasteiger partial charge is 0.307 e. The van der Waals surface area contributed by atoms with Crippen LogP contribution >= 0.6 is 0 Å². The number of anilines is 1. The van der Waals surface area contributed by atoms with Gasteiger partial charge in [0.2, 0.25) is 0 Å². The van der Waals surface area contributed by atoms with E-state index < -0.39 is 0 Å². The molecule has 0 saturated heterocycles. The van der Waals surface area contributed by atoms with Gasteiger partial charge in [-0.15, -0.1) is 0 Å². The monoisotopic (exact) mass is 286 g/mol. The first-order chi connectivity index (χ1) is 10.2. The predicted octanol–water partition coefficient (Wildman–Crippen LogP) is 2.08. The van der Waals surface area contributed by atoms with Crippen molar-refractivity contribution in [1.29, 1.82) is 0 Å². The molecule has 2 rings (SSSR count). The van der Waals surface area contributed by atoms with Gasteiger partial charge in [0.05, 0.1) is 13.5 Å². The number of ether oxygens (including phenoxy) is 1. The van der Waals surface area contributed by atoms with Gasteiger partial charge in [0, 0.05) is 24.5 Å². The number of carbonyl (C=O) groups is 1. The third kappa shape index (κ3) is 4.24. The number of aromatic nitrogens is 3. The van der Waals surface area contributed by atoms with Gasteiger partial charge >= 0.3 is 5.97 Å². The molecule has 0 amide bonds. The van der Waals surface area contributed by atoms with Crippen LogP contribution in [0.25, 0.3) is 11.5 Å². The van der Waals surface area contributed by atoms with Gasteiger partial charge in [0.25, 0.3) is 0 Å². The second-order valence-corrected chi connectivity index (χ2v) is 4.39. The van der Waals surface area contributed by atoms with Crippen molar-refractivity contribution in [1.82, 2.24) is 15.0 Å². The molecule has 2 aromatic rings. The molecule has 0 aliphatic carbocycles. The minimum Gasteiger partial charge on any atom is -0.469 e. The normalized spacial score (nSPS) is 10.2. The summed E-state index contributed by atoms with van der Waals surface area (Å²) < 4.78 is 4.60. The number of nitrogens with zero attached hydrogens (tertiary/aromatic N) is 3. The maximum atomic E-state index is 11.1. The average molecular weight is 286 g/mol. The molecule has 110 valence electrons. The van der Waals surface area contributed by atoms with Crippen molar-refractivity contribution in [3.8, 4) is 11.5 Å². The molecule has 0 fully saturated rings. The molecule has 0 radical (unpaired) electrons. The lowest BCUT2D eigenvalue weighted by atomic mass is 10.2. The quantitative estimate of drug-likeness (QED) is 0.819. The van der Waals surface area contributed by atoms with E-state index in [1.54, 1.807) is 6.20 Å². The van der Waals surface area contributed by atoms with Crippen LogP contribution in [0.3, 0.4) is 0 Å². The lowest BCUT2D eigenvalue weighted by Crippen LogP contribution is -2.11. The van der Waals surface area contributed by atoms with Gasteiger partial charge in [-0.05, 0) is 18.6 Å². The highest BCUT2D eigenvalue weighted by molar-refractivity contribution is 5.69. The molecule has 6 nitrogen and oxygen atoms in total. The summed E-state index contributed by atoms with van der Waals surface area (Å²) in [4.78, 5) is 24.3. The summed E-state index contributed by atoms with van der Waals surface area (Å²) in [5.41, 5.74) is 1.65. The van der Waals surface area contributed by atoms with E-state index in [2.05, 4.69) is 25.0 Å². The molecule has 0 bridgehead atoms. The summed E-state index contributed by atoms with van der Waals surface area (Å²) >= 11 is 0. The van der Waals surface area contributed by atoms with E-state index in [-0.39, 0.29) is 5.97 Å². The average Bonchev–Trinajstić information content (AvgIpc) is 2.55.